The quantitative estimate of drug-likeness (QED) is 0.856. The van der Waals surface area contributed by atoms with E-state index in [4.69, 9.17) is 0 Å². The van der Waals surface area contributed by atoms with Gasteiger partial charge in [0.2, 0.25) is 0 Å². The minimum Gasteiger partial charge on any atom is -0.385 e. The highest BCUT2D eigenvalue weighted by Crippen LogP contribution is 2.41. The number of aliphatic hydroxyl groups is 1. The van der Waals surface area contributed by atoms with Gasteiger partial charge in [-0.1, -0.05) is 24.3 Å². The molecule has 0 amide bonds. The van der Waals surface area contributed by atoms with Crippen molar-refractivity contribution in [2.24, 2.45) is 0 Å². The van der Waals surface area contributed by atoms with Gasteiger partial charge in [-0.2, -0.15) is 0 Å². The Balaban J connectivity index is 1.66. The standard InChI is InChI=1S/C18H18N2O2/c21-12-16-17-3-1-10-20(17)11-15(19-16)13-4-6-14(7-5-13)18(22)8-2-9-18/h1,3-7,10-12,16,19,22H,2,8-9H2. The summed E-state index contributed by atoms with van der Waals surface area (Å²) in [7, 11) is 0. The molecule has 1 unspecified atom stereocenters. The van der Waals surface area contributed by atoms with E-state index < -0.39 is 5.60 Å². The topological polar surface area (TPSA) is 54.3 Å². The van der Waals surface area contributed by atoms with Crippen molar-refractivity contribution in [3.8, 4) is 0 Å². The smallest absolute Gasteiger partial charge is 0.148 e. The molecule has 1 aromatic heterocycles. The Morgan fingerprint density at radius 1 is 1.23 bits per heavy atom. The molecule has 4 heteroatoms. The first-order valence-electron chi connectivity index (χ1n) is 7.63. The van der Waals surface area contributed by atoms with Crippen molar-refractivity contribution in [3.05, 3.63) is 59.4 Å². The lowest BCUT2D eigenvalue weighted by molar-refractivity contribution is -0.109. The van der Waals surface area contributed by atoms with Gasteiger partial charge in [-0.05, 0) is 42.5 Å². The van der Waals surface area contributed by atoms with E-state index in [1.165, 1.54) is 0 Å². The fraction of sp³-hybridized carbons (Fsp3) is 0.278. The number of nitrogens with zero attached hydrogens (tertiary/aromatic N) is 1. The maximum atomic E-state index is 11.3. The van der Waals surface area contributed by atoms with Gasteiger partial charge in [-0.15, -0.1) is 0 Å². The fourth-order valence-corrected chi connectivity index (χ4v) is 3.23. The Labute approximate surface area is 129 Å². The molecule has 0 saturated heterocycles. The number of aromatic nitrogens is 1. The second-order valence-electron chi connectivity index (χ2n) is 6.10. The minimum atomic E-state index is -0.633. The molecule has 22 heavy (non-hydrogen) atoms. The van der Waals surface area contributed by atoms with Crippen molar-refractivity contribution in [2.75, 3.05) is 0 Å². The largest absolute Gasteiger partial charge is 0.385 e. The van der Waals surface area contributed by atoms with E-state index in [0.29, 0.717) is 0 Å². The molecule has 0 bridgehead atoms. The number of carbonyl (C=O) groups excluding carboxylic acids is 1. The van der Waals surface area contributed by atoms with Crippen LogP contribution in [0.2, 0.25) is 0 Å². The molecule has 2 heterocycles. The summed E-state index contributed by atoms with van der Waals surface area (Å²) in [4.78, 5) is 11.3. The van der Waals surface area contributed by atoms with E-state index in [-0.39, 0.29) is 6.04 Å². The highest BCUT2D eigenvalue weighted by atomic mass is 16.3. The van der Waals surface area contributed by atoms with Gasteiger partial charge in [-0.3, -0.25) is 0 Å². The number of carbonyl (C=O) groups is 1. The van der Waals surface area contributed by atoms with Crippen LogP contribution in [0.5, 0.6) is 0 Å². The van der Waals surface area contributed by atoms with E-state index in [1.807, 2.05) is 53.4 Å². The number of hydrogen-bond donors (Lipinski definition) is 2. The lowest BCUT2D eigenvalue weighted by Gasteiger charge is -2.37. The molecule has 4 rings (SSSR count). The van der Waals surface area contributed by atoms with Gasteiger partial charge in [0.25, 0.3) is 0 Å². The van der Waals surface area contributed by atoms with E-state index in [2.05, 4.69) is 5.32 Å². The van der Waals surface area contributed by atoms with Gasteiger partial charge in [0.05, 0.1) is 17.0 Å². The van der Waals surface area contributed by atoms with Crippen LogP contribution in [0, 0.1) is 0 Å². The lowest BCUT2D eigenvalue weighted by atomic mass is 9.75. The summed E-state index contributed by atoms with van der Waals surface area (Å²) in [5, 5.41) is 13.6. The molecule has 2 aliphatic rings. The Kier molecular flexibility index (Phi) is 2.94. The van der Waals surface area contributed by atoms with Crippen molar-refractivity contribution in [2.45, 2.75) is 30.9 Å². The zero-order valence-electron chi connectivity index (χ0n) is 12.2. The van der Waals surface area contributed by atoms with Crippen LogP contribution in [0.1, 0.15) is 42.1 Å². The zero-order valence-corrected chi connectivity index (χ0v) is 12.2. The third kappa shape index (κ3) is 1.99. The normalized spacial score (nSPS) is 22.0. The summed E-state index contributed by atoms with van der Waals surface area (Å²) in [6.07, 6.45) is 7.62. The van der Waals surface area contributed by atoms with Crippen molar-refractivity contribution in [1.29, 1.82) is 0 Å². The van der Waals surface area contributed by atoms with Gasteiger partial charge in [0.15, 0.2) is 0 Å². The molecular weight excluding hydrogens is 276 g/mol. The van der Waals surface area contributed by atoms with Crippen molar-refractivity contribution in [3.63, 3.8) is 0 Å². The summed E-state index contributed by atoms with van der Waals surface area (Å²) in [5.41, 5.74) is 3.21. The van der Waals surface area contributed by atoms with Gasteiger partial charge in [-0.25, -0.2) is 0 Å². The molecule has 4 nitrogen and oxygen atoms in total. The van der Waals surface area contributed by atoms with E-state index in [9.17, 15) is 9.90 Å². The van der Waals surface area contributed by atoms with Crippen LogP contribution in [0.25, 0.3) is 11.9 Å². The second-order valence-corrected chi connectivity index (χ2v) is 6.10. The zero-order chi connectivity index (χ0) is 15.2. The van der Waals surface area contributed by atoms with Crippen LogP contribution in [0.15, 0.2) is 42.6 Å². The fourth-order valence-electron chi connectivity index (χ4n) is 3.23. The van der Waals surface area contributed by atoms with Crippen LogP contribution in [-0.2, 0) is 10.4 Å². The van der Waals surface area contributed by atoms with Crippen LogP contribution >= 0.6 is 0 Å². The van der Waals surface area contributed by atoms with Crippen molar-refractivity contribution in [1.82, 2.24) is 9.88 Å². The highest BCUT2D eigenvalue weighted by Gasteiger charge is 2.36. The van der Waals surface area contributed by atoms with Crippen molar-refractivity contribution < 1.29 is 9.90 Å². The first kappa shape index (κ1) is 13.3. The van der Waals surface area contributed by atoms with E-state index >= 15 is 0 Å². The Morgan fingerprint density at radius 3 is 2.64 bits per heavy atom. The highest BCUT2D eigenvalue weighted by molar-refractivity contribution is 5.80. The monoisotopic (exact) mass is 294 g/mol. The molecule has 1 aromatic carbocycles. The molecule has 112 valence electrons. The molecule has 1 aliphatic heterocycles. The predicted molar refractivity (Wildman–Crippen MR) is 84.7 cm³/mol. The Morgan fingerprint density at radius 2 is 2.00 bits per heavy atom. The molecule has 2 N–H and O–H groups in total. The number of fused-ring (bicyclic) bond motifs is 1. The van der Waals surface area contributed by atoms with Gasteiger partial charge >= 0.3 is 0 Å². The summed E-state index contributed by atoms with van der Waals surface area (Å²) in [6.45, 7) is 0. The van der Waals surface area contributed by atoms with Gasteiger partial charge in [0.1, 0.15) is 12.3 Å². The molecule has 1 aliphatic carbocycles. The Bertz CT molecular complexity index is 739. The molecule has 1 saturated carbocycles. The summed E-state index contributed by atoms with van der Waals surface area (Å²) in [6, 6.07) is 11.5. The number of aldehydes is 1. The summed E-state index contributed by atoms with van der Waals surface area (Å²) >= 11 is 0. The first-order valence-corrected chi connectivity index (χ1v) is 7.63. The average Bonchev–Trinajstić information content (AvgIpc) is 3.00. The third-order valence-corrected chi connectivity index (χ3v) is 4.76. The van der Waals surface area contributed by atoms with Gasteiger partial charge < -0.3 is 19.8 Å². The van der Waals surface area contributed by atoms with Crippen LogP contribution in [0.4, 0.5) is 0 Å². The average molecular weight is 294 g/mol. The molecule has 0 radical (unpaired) electrons. The van der Waals surface area contributed by atoms with Crippen molar-refractivity contribution >= 4 is 18.2 Å². The number of hydrogen-bond acceptors (Lipinski definition) is 3. The third-order valence-electron chi connectivity index (χ3n) is 4.76. The van der Waals surface area contributed by atoms with Crippen LogP contribution in [0.3, 0.4) is 0 Å². The maximum Gasteiger partial charge on any atom is 0.148 e. The molecule has 0 spiro atoms. The predicted octanol–water partition coefficient (Wildman–Crippen LogP) is 2.66. The summed E-state index contributed by atoms with van der Waals surface area (Å²) in [5.74, 6) is 0. The number of nitrogens with one attached hydrogen (secondary N) is 1. The van der Waals surface area contributed by atoms with E-state index in [1.54, 1.807) is 0 Å². The molecule has 1 fully saturated rings. The van der Waals surface area contributed by atoms with Crippen LogP contribution < -0.4 is 5.32 Å². The number of benzene rings is 1. The van der Waals surface area contributed by atoms with Crippen LogP contribution in [-0.4, -0.2) is 16.0 Å². The molecule has 2 aromatic rings. The number of rotatable bonds is 3. The van der Waals surface area contributed by atoms with E-state index in [0.717, 1.165) is 48.1 Å². The minimum absolute atomic E-state index is 0.328. The lowest BCUT2D eigenvalue weighted by Crippen LogP contribution is -2.33. The maximum absolute atomic E-state index is 11.3. The second kappa shape index (κ2) is 4.85. The Hall–Kier alpha value is -2.33. The molecular formula is C18H18N2O2. The van der Waals surface area contributed by atoms with Gasteiger partial charge in [0, 0.05) is 12.4 Å². The first-order chi connectivity index (χ1) is 10.7. The molecule has 1 atom stereocenters. The SMILES string of the molecule is O=CC1NC(c2ccc(C3(O)CCC3)cc2)=Cn2cccc21. The summed E-state index contributed by atoms with van der Waals surface area (Å²) < 4.78 is 1.97.